The first kappa shape index (κ1) is 13.2. The van der Waals surface area contributed by atoms with Crippen LogP contribution in [0.3, 0.4) is 0 Å². The SMILES string of the molecule is C[C@@H]1C[C@@H]1NC(=O)CN1C(=O)CCCc2ccccc21. The van der Waals surface area contributed by atoms with Crippen LogP contribution in [0.2, 0.25) is 0 Å². The number of para-hydroxylation sites is 1. The van der Waals surface area contributed by atoms with E-state index in [2.05, 4.69) is 12.2 Å². The molecule has 1 saturated carbocycles. The van der Waals surface area contributed by atoms with E-state index in [4.69, 9.17) is 0 Å². The molecule has 20 heavy (non-hydrogen) atoms. The molecule has 0 radical (unpaired) electrons. The summed E-state index contributed by atoms with van der Waals surface area (Å²) < 4.78 is 0. The topological polar surface area (TPSA) is 49.4 Å². The lowest BCUT2D eigenvalue weighted by atomic mass is 10.1. The third kappa shape index (κ3) is 2.69. The Kier molecular flexibility index (Phi) is 3.47. The van der Waals surface area contributed by atoms with E-state index in [1.54, 1.807) is 4.90 Å². The van der Waals surface area contributed by atoms with Gasteiger partial charge in [0.15, 0.2) is 0 Å². The van der Waals surface area contributed by atoms with Crippen LogP contribution in [0.15, 0.2) is 24.3 Å². The number of rotatable bonds is 3. The molecule has 1 aromatic carbocycles. The number of aryl methyl sites for hydroxylation is 1. The minimum atomic E-state index is -0.0515. The van der Waals surface area contributed by atoms with Gasteiger partial charge in [-0.25, -0.2) is 0 Å². The molecule has 106 valence electrons. The Morgan fingerprint density at radius 3 is 2.85 bits per heavy atom. The third-order valence-electron chi connectivity index (χ3n) is 4.18. The molecule has 1 aliphatic heterocycles. The number of hydrogen-bond donors (Lipinski definition) is 1. The summed E-state index contributed by atoms with van der Waals surface area (Å²) in [4.78, 5) is 25.9. The number of nitrogens with zero attached hydrogens (tertiary/aromatic N) is 1. The van der Waals surface area contributed by atoms with Crippen molar-refractivity contribution in [1.29, 1.82) is 0 Å². The number of amides is 2. The minimum Gasteiger partial charge on any atom is -0.352 e. The van der Waals surface area contributed by atoms with Crippen LogP contribution in [0.25, 0.3) is 0 Å². The maximum absolute atomic E-state index is 12.2. The molecule has 4 heteroatoms. The van der Waals surface area contributed by atoms with Crippen molar-refractivity contribution in [1.82, 2.24) is 5.32 Å². The van der Waals surface area contributed by atoms with Crippen molar-refractivity contribution >= 4 is 17.5 Å². The highest BCUT2D eigenvalue weighted by atomic mass is 16.2. The molecule has 0 aromatic heterocycles. The van der Waals surface area contributed by atoms with Gasteiger partial charge in [0.05, 0.1) is 0 Å². The van der Waals surface area contributed by atoms with E-state index in [0.717, 1.165) is 30.5 Å². The maximum atomic E-state index is 12.2. The van der Waals surface area contributed by atoms with E-state index in [9.17, 15) is 9.59 Å². The molecular formula is C16H20N2O2. The molecule has 1 aromatic rings. The van der Waals surface area contributed by atoms with Crippen molar-refractivity contribution in [3.63, 3.8) is 0 Å². The summed E-state index contributed by atoms with van der Waals surface area (Å²) in [5, 5.41) is 2.99. The zero-order valence-corrected chi connectivity index (χ0v) is 11.8. The summed E-state index contributed by atoms with van der Waals surface area (Å²) in [5.41, 5.74) is 2.06. The predicted molar refractivity (Wildman–Crippen MR) is 77.4 cm³/mol. The van der Waals surface area contributed by atoms with Crippen LogP contribution < -0.4 is 10.2 Å². The van der Waals surface area contributed by atoms with Crippen molar-refractivity contribution in [2.75, 3.05) is 11.4 Å². The molecule has 1 heterocycles. The summed E-state index contributed by atoms with van der Waals surface area (Å²) in [6.07, 6.45) is 3.32. The Balaban J connectivity index is 1.76. The lowest BCUT2D eigenvalue weighted by molar-refractivity contribution is -0.124. The maximum Gasteiger partial charge on any atom is 0.240 e. The first-order valence-corrected chi connectivity index (χ1v) is 7.33. The predicted octanol–water partition coefficient (Wildman–Crippen LogP) is 1.88. The normalized spacial score (nSPS) is 24.9. The van der Waals surface area contributed by atoms with Gasteiger partial charge in [0.25, 0.3) is 0 Å². The van der Waals surface area contributed by atoms with Crippen molar-refractivity contribution in [2.24, 2.45) is 5.92 Å². The van der Waals surface area contributed by atoms with E-state index in [1.807, 2.05) is 24.3 Å². The van der Waals surface area contributed by atoms with Crippen LogP contribution in [0, 0.1) is 5.92 Å². The lowest BCUT2D eigenvalue weighted by Crippen LogP contribution is -2.41. The zero-order valence-electron chi connectivity index (χ0n) is 11.8. The molecule has 1 aliphatic carbocycles. The molecule has 2 amide bonds. The van der Waals surface area contributed by atoms with Crippen LogP contribution in [-0.4, -0.2) is 24.4 Å². The molecule has 0 bridgehead atoms. The highest BCUT2D eigenvalue weighted by molar-refractivity contribution is 5.99. The standard InChI is InChI=1S/C16H20N2O2/c1-11-9-13(11)17-15(19)10-18-14-7-3-2-5-12(14)6-4-8-16(18)20/h2-3,5,7,11,13H,4,6,8-10H2,1H3,(H,17,19)/t11-,13+/m1/s1. The van der Waals surface area contributed by atoms with E-state index in [0.29, 0.717) is 18.4 Å². The molecule has 1 fully saturated rings. The highest BCUT2D eigenvalue weighted by Crippen LogP contribution is 2.29. The molecule has 0 spiro atoms. The monoisotopic (exact) mass is 272 g/mol. The zero-order chi connectivity index (χ0) is 14.1. The third-order valence-corrected chi connectivity index (χ3v) is 4.18. The molecule has 0 unspecified atom stereocenters. The summed E-state index contributed by atoms with van der Waals surface area (Å²) in [5.74, 6) is 0.574. The molecule has 3 rings (SSSR count). The van der Waals surface area contributed by atoms with Gasteiger partial charge < -0.3 is 10.2 Å². The van der Waals surface area contributed by atoms with E-state index in [1.165, 1.54) is 0 Å². The second-order valence-corrected chi connectivity index (χ2v) is 5.85. The van der Waals surface area contributed by atoms with Gasteiger partial charge >= 0.3 is 0 Å². The number of anilines is 1. The van der Waals surface area contributed by atoms with Gasteiger partial charge in [0.1, 0.15) is 6.54 Å². The minimum absolute atomic E-state index is 0.0499. The van der Waals surface area contributed by atoms with Gasteiger partial charge in [0, 0.05) is 18.2 Å². The fourth-order valence-electron chi connectivity index (χ4n) is 2.78. The number of nitrogens with one attached hydrogen (secondary N) is 1. The first-order chi connectivity index (χ1) is 9.65. The summed E-state index contributed by atoms with van der Waals surface area (Å²) in [6.45, 7) is 2.26. The van der Waals surface area contributed by atoms with E-state index >= 15 is 0 Å². The second kappa shape index (κ2) is 5.27. The van der Waals surface area contributed by atoms with Crippen molar-refractivity contribution in [3.8, 4) is 0 Å². The van der Waals surface area contributed by atoms with Crippen molar-refractivity contribution in [3.05, 3.63) is 29.8 Å². The lowest BCUT2D eigenvalue weighted by Gasteiger charge is -2.22. The number of carbonyl (C=O) groups is 2. The number of benzene rings is 1. The van der Waals surface area contributed by atoms with Crippen LogP contribution in [0.1, 0.15) is 31.7 Å². The van der Waals surface area contributed by atoms with Gasteiger partial charge in [0.2, 0.25) is 11.8 Å². The number of hydrogen-bond acceptors (Lipinski definition) is 2. The molecule has 2 atom stereocenters. The van der Waals surface area contributed by atoms with Crippen LogP contribution in [0.5, 0.6) is 0 Å². The Labute approximate surface area is 119 Å². The van der Waals surface area contributed by atoms with Gasteiger partial charge in [-0.2, -0.15) is 0 Å². The molecule has 1 N–H and O–H groups in total. The summed E-state index contributed by atoms with van der Waals surface area (Å²) >= 11 is 0. The average Bonchev–Trinajstić information content (AvgIpc) is 3.14. The van der Waals surface area contributed by atoms with Crippen molar-refractivity contribution < 1.29 is 9.59 Å². The number of fused-ring (bicyclic) bond motifs is 1. The molecule has 2 aliphatic rings. The second-order valence-electron chi connectivity index (χ2n) is 5.85. The number of carbonyl (C=O) groups excluding carboxylic acids is 2. The Morgan fingerprint density at radius 2 is 2.10 bits per heavy atom. The summed E-state index contributed by atoms with van der Waals surface area (Å²) in [7, 11) is 0. The van der Waals surface area contributed by atoms with Crippen LogP contribution >= 0.6 is 0 Å². The van der Waals surface area contributed by atoms with Crippen LogP contribution in [0.4, 0.5) is 5.69 Å². The Bertz CT molecular complexity index is 541. The first-order valence-electron chi connectivity index (χ1n) is 7.33. The molecule has 4 nitrogen and oxygen atoms in total. The smallest absolute Gasteiger partial charge is 0.240 e. The summed E-state index contributed by atoms with van der Waals surface area (Å²) in [6, 6.07) is 8.19. The van der Waals surface area contributed by atoms with Crippen molar-refractivity contribution in [2.45, 2.75) is 38.6 Å². The molecule has 0 saturated heterocycles. The Morgan fingerprint density at radius 1 is 1.35 bits per heavy atom. The van der Waals surface area contributed by atoms with Crippen LogP contribution in [-0.2, 0) is 16.0 Å². The molecular weight excluding hydrogens is 252 g/mol. The van der Waals surface area contributed by atoms with E-state index in [-0.39, 0.29) is 18.4 Å². The Hall–Kier alpha value is -1.84. The van der Waals surface area contributed by atoms with Gasteiger partial charge in [-0.1, -0.05) is 25.1 Å². The quantitative estimate of drug-likeness (QED) is 0.913. The van der Waals surface area contributed by atoms with Gasteiger partial charge in [-0.3, -0.25) is 9.59 Å². The average molecular weight is 272 g/mol. The van der Waals surface area contributed by atoms with Gasteiger partial charge in [-0.15, -0.1) is 0 Å². The van der Waals surface area contributed by atoms with E-state index < -0.39 is 0 Å². The largest absolute Gasteiger partial charge is 0.352 e. The highest BCUT2D eigenvalue weighted by Gasteiger charge is 2.34. The fraction of sp³-hybridized carbons (Fsp3) is 0.500. The van der Waals surface area contributed by atoms with Gasteiger partial charge in [-0.05, 0) is 36.8 Å². The fourth-order valence-corrected chi connectivity index (χ4v) is 2.78.